The van der Waals surface area contributed by atoms with Gasteiger partial charge in [-0.3, -0.25) is 9.80 Å². The van der Waals surface area contributed by atoms with E-state index in [4.69, 9.17) is 10.5 Å². The fraction of sp³-hybridized carbons (Fsp3) is 0.500. The van der Waals surface area contributed by atoms with Gasteiger partial charge in [0, 0.05) is 42.0 Å². The van der Waals surface area contributed by atoms with Crippen molar-refractivity contribution in [1.29, 1.82) is 0 Å². The van der Waals surface area contributed by atoms with Gasteiger partial charge in [0.1, 0.15) is 11.6 Å². The molecular formula is C22H27FN6O3. The lowest BCUT2D eigenvalue weighted by atomic mass is 9.92. The lowest BCUT2D eigenvalue weighted by molar-refractivity contribution is 0.249. The van der Waals surface area contributed by atoms with Gasteiger partial charge in [-0.1, -0.05) is 0 Å². The van der Waals surface area contributed by atoms with Crippen molar-refractivity contribution in [3.8, 4) is 11.5 Å². The molecule has 2 amide bonds. The van der Waals surface area contributed by atoms with Crippen molar-refractivity contribution in [2.24, 2.45) is 5.73 Å². The first-order valence-electron chi connectivity index (χ1n) is 11.0. The van der Waals surface area contributed by atoms with Gasteiger partial charge >= 0.3 is 6.03 Å². The Morgan fingerprint density at radius 1 is 1.22 bits per heavy atom. The summed E-state index contributed by atoms with van der Waals surface area (Å²) in [5.41, 5.74) is 6.68. The number of nitrogens with two attached hydrogens (primary N) is 1. The number of methoxy groups -OCH3 is 1. The van der Waals surface area contributed by atoms with E-state index in [0.717, 1.165) is 44.1 Å². The number of hydrogen-bond donors (Lipinski definition) is 3. The molecule has 2 aromatic rings. The van der Waals surface area contributed by atoms with E-state index in [2.05, 4.69) is 15.3 Å². The zero-order valence-electron chi connectivity index (χ0n) is 17.9. The third kappa shape index (κ3) is 3.79. The molecule has 2 heterocycles. The number of urea groups is 1. The summed E-state index contributed by atoms with van der Waals surface area (Å²) in [4.78, 5) is 25.5. The second-order valence-electron chi connectivity index (χ2n) is 8.75. The van der Waals surface area contributed by atoms with Gasteiger partial charge in [0.05, 0.1) is 19.3 Å². The number of nitrogens with one attached hydrogen (secondary N) is 1. The minimum Gasteiger partial charge on any atom is -0.505 e. The second-order valence-corrected chi connectivity index (χ2v) is 8.75. The molecule has 0 unspecified atom stereocenters. The highest BCUT2D eigenvalue weighted by Gasteiger charge is 2.43. The maximum Gasteiger partial charge on any atom is 0.330 e. The molecule has 0 spiro atoms. The summed E-state index contributed by atoms with van der Waals surface area (Å²) in [5, 5.41) is 13.4. The minimum atomic E-state index is -0.868. The zero-order chi connectivity index (χ0) is 22.4. The van der Waals surface area contributed by atoms with Crippen LogP contribution in [-0.2, 0) is 6.54 Å². The van der Waals surface area contributed by atoms with Crippen molar-refractivity contribution in [3.63, 3.8) is 0 Å². The van der Waals surface area contributed by atoms with Crippen molar-refractivity contribution in [2.45, 2.75) is 63.2 Å². The number of halogens is 1. The smallest absolute Gasteiger partial charge is 0.330 e. The molecule has 1 aliphatic heterocycles. The zero-order valence-corrected chi connectivity index (χ0v) is 17.9. The first-order chi connectivity index (χ1) is 15.4. The highest BCUT2D eigenvalue weighted by molar-refractivity contribution is 6.06. The number of aromatic hydroxyl groups is 1. The maximum atomic E-state index is 14.8. The molecule has 1 aromatic heterocycles. The average Bonchev–Trinajstić information content (AvgIpc) is 3.62. The van der Waals surface area contributed by atoms with Gasteiger partial charge in [0.2, 0.25) is 5.95 Å². The van der Waals surface area contributed by atoms with Crippen LogP contribution >= 0.6 is 0 Å². The van der Waals surface area contributed by atoms with Crippen LogP contribution in [0.4, 0.5) is 26.6 Å². The molecule has 10 heteroatoms. The molecule has 0 saturated heterocycles. The molecule has 2 aliphatic carbocycles. The molecule has 5 rings (SSSR count). The number of benzene rings is 1. The fourth-order valence-corrected chi connectivity index (χ4v) is 4.43. The van der Waals surface area contributed by atoms with Crippen LogP contribution in [0.25, 0.3) is 0 Å². The Labute approximate surface area is 185 Å². The minimum absolute atomic E-state index is 0.0155. The van der Waals surface area contributed by atoms with E-state index in [1.165, 1.54) is 24.1 Å². The molecule has 2 fully saturated rings. The van der Waals surface area contributed by atoms with Crippen molar-refractivity contribution in [1.82, 2.24) is 9.97 Å². The van der Waals surface area contributed by atoms with Crippen LogP contribution < -0.4 is 25.6 Å². The third-order valence-electron chi connectivity index (χ3n) is 6.39. The maximum absolute atomic E-state index is 14.8. The molecule has 0 atom stereocenters. The fourth-order valence-electron chi connectivity index (χ4n) is 4.43. The predicted molar refractivity (Wildman–Crippen MR) is 118 cm³/mol. The molecular weight excluding hydrogens is 415 g/mol. The van der Waals surface area contributed by atoms with Gasteiger partial charge in [0.25, 0.3) is 0 Å². The van der Waals surface area contributed by atoms with E-state index < -0.39 is 11.6 Å². The second kappa shape index (κ2) is 8.09. The number of anilines is 3. The Bertz CT molecular complexity index is 1040. The third-order valence-corrected chi connectivity index (χ3v) is 6.39. The van der Waals surface area contributed by atoms with Gasteiger partial charge in [-0.25, -0.2) is 14.2 Å². The number of rotatable bonds is 5. The highest BCUT2D eigenvalue weighted by atomic mass is 19.1. The standard InChI is InChI=1S/C22H27FN6O3/c1-32-16-8-17(19(23)18(30)9-16)28-11-12-10-25-21(26-14-4-2-13(24)3-5-14)27-20(12)29(22(28)31)15-6-7-15/h8-10,13-15,30H,2-7,11,24H2,1H3,(H,25,26,27). The normalized spacial score (nSPS) is 23.2. The van der Waals surface area contributed by atoms with E-state index in [-0.39, 0.29) is 42.1 Å². The molecule has 0 bridgehead atoms. The average molecular weight is 442 g/mol. The Morgan fingerprint density at radius 2 is 1.97 bits per heavy atom. The van der Waals surface area contributed by atoms with E-state index in [1.54, 1.807) is 11.1 Å². The van der Waals surface area contributed by atoms with Crippen LogP contribution in [0, 0.1) is 5.82 Å². The summed E-state index contributed by atoms with van der Waals surface area (Å²) in [6.07, 6.45) is 7.24. The van der Waals surface area contributed by atoms with Crippen LogP contribution in [0.15, 0.2) is 18.3 Å². The van der Waals surface area contributed by atoms with E-state index in [0.29, 0.717) is 11.8 Å². The number of aromatic nitrogens is 2. The van der Waals surface area contributed by atoms with E-state index in [9.17, 15) is 14.3 Å². The van der Waals surface area contributed by atoms with E-state index >= 15 is 0 Å². The molecule has 1 aromatic carbocycles. The topological polar surface area (TPSA) is 117 Å². The van der Waals surface area contributed by atoms with Crippen molar-refractivity contribution < 1.29 is 19.0 Å². The predicted octanol–water partition coefficient (Wildman–Crippen LogP) is 3.12. The number of phenols is 1. The number of amides is 2. The molecule has 32 heavy (non-hydrogen) atoms. The number of carbonyl (C=O) groups excluding carboxylic acids is 1. The van der Waals surface area contributed by atoms with Gasteiger partial charge < -0.3 is 20.9 Å². The quantitative estimate of drug-likeness (QED) is 0.651. The molecule has 4 N–H and O–H groups in total. The van der Waals surface area contributed by atoms with Crippen LogP contribution in [0.1, 0.15) is 44.1 Å². The summed E-state index contributed by atoms with van der Waals surface area (Å²) >= 11 is 0. The number of nitrogens with zero attached hydrogens (tertiary/aromatic N) is 4. The molecule has 2 saturated carbocycles. The first-order valence-corrected chi connectivity index (χ1v) is 11.0. The summed E-state index contributed by atoms with van der Waals surface area (Å²) in [6.45, 7) is 0.0967. The summed E-state index contributed by atoms with van der Waals surface area (Å²) in [7, 11) is 1.42. The Balaban J connectivity index is 1.46. The van der Waals surface area contributed by atoms with Crippen molar-refractivity contribution in [2.75, 3.05) is 22.2 Å². The van der Waals surface area contributed by atoms with Crippen molar-refractivity contribution >= 4 is 23.5 Å². The Hall–Kier alpha value is -3.14. The Morgan fingerprint density at radius 3 is 2.66 bits per heavy atom. The number of hydrogen-bond acceptors (Lipinski definition) is 7. The lowest BCUT2D eigenvalue weighted by Gasteiger charge is -2.36. The van der Waals surface area contributed by atoms with Gasteiger partial charge in [-0.2, -0.15) is 4.98 Å². The van der Waals surface area contributed by atoms with Crippen molar-refractivity contribution in [3.05, 3.63) is 29.7 Å². The lowest BCUT2D eigenvalue weighted by Crippen LogP contribution is -2.49. The highest BCUT2D eigenvalue weighted by Crippen LogP contribution is 2.41. The number of ether oxygens (including phenoxy) is 1. The van der Waals surface area contributed by atoms with Crippen LogP contribution in [-0.4, -0.2) is 46.3 Å². The van der Waals surface area contributed by atoms with Gasteiger partial charge in [-0.05, 0) is 38.5 Å². The van der Waals surface area contributed by atoms with Crippen LogP contribution in [0.5, 0.6) is 11.5 Å². The summed E-state index contributed by atoms with van der Waals surface area (Å²) < 4.78 is 19.9. The number of carbonyl (C=O) groups is 1. The first kappa shape index (κ1) is 20.7. The molecule has 9 nitrogen and oxygen atoms in total. The largest absolute Gasteiger partial charge is 0.505 e. The van der Waals surface area contributed by atoms with Crippen LogP contribution in [0.3, 0.4) is 0 Å². The molecule has 3 aliphatic rings. The number of phenolic OH excluding ortho intramolecular Hbond substituents is 1. The SMILES string of the molecule is COc1cc(O)c(F)c(N2Cc3cnc(NC4CCC(N)CC4)nc3N(C3CC3)C2=O)c1. The Kier molecular flexibility index (Phi) is 5.24. The molecule has 0 radical (unpaired) electrons. The summed E-state index contributed by atoms with van der Waals surface area (Å²) in [6, 6.07) is 2.74. The van der Waals surface area contributed by atoms with E-state index in [1.807, 2.05) is 0 Å². The molecule has 170 valence electrons. The summed E-state index contributed by atoms with van der Waals surface area (Å²) in [5.74, 6) is -0.127. The van der Waals surface area contributed by atoms with Gasteiger partial charge in [0.15, 0.2) is 11.6 Å². The monoisotopic (exact) mass is 442 g/mol. The number of fused-ring (bicyclic) bond motifs is 1. The van der Waals surface area contributed by atoms with Gasteiger partial charge in [-0.15, -0.1) is 0 Å². The van der Waals surface area contributed by atoms with Crippen LogP contribution in [0.2, 0.25) is 0 Å².